The molecule has 3 aromatic heterocycles. The largest absolute Gasteiger partial charge is 0.396 e. The lowest BCUT2D eigenvalue weighted by Crippen LogP contribution is -2.19. The Labute approximate surface area is 203 Å². The number of hydrogen-bond acceptors (Lipinski definition) is 10. The molecule has 2 aliphatic rings. The van der Waals surface area contributed by atoms with E-state index >= 15 is 0 Å². The van der Waals surface area contributed by atoms with E-state index < -0.39 is 10.0 Å². The van der Waals surface area contributed by atoms with Gasteiger partial charge in [-0.05, 0) is 45.1 Å². The highest BCUT2D eigenvalue weighted by atomic mass is 32.2. The van der Waals surface area contributed by atoms with Crippen molar-refractivity contribution in [2.75, 3.05) is 17.2 Å². The first kappa shape index (κ1) is 23.4. The summed E-state index contributed by atoms with van der Waals surface area (Å²) < 4.78 is 25.8. The summed E-state index contributed by atoms with van der Waals surface area (Å²) in [5, 5.41) is 19.3. The summed E-state index contributed by atoms with van der Waals surface area (Å²) in [6.07, 6.45) is 9.62. The predicted octanol–water partition coefficient (Wildman–Crippen LogP) is 2.59. The smallest absolute Gasteiger partial charge is 0.256 e. The van der Waals surface area contributed by atoms with E-state index in [9.17, 15) is 18.3 Å². The van der Waals surface area contributed by atoms with E-state index in [1.54, 1.807) is 24.5 Å². The molecule has 0 radical (unpaired) electrons. The van der Waals surface area contributed by atoms with Crippen LogP contribution in [0.15, 0.2) is 36.9 Å². The van der Waals surface area contributed by atoms with Gasteiger partial charge in [0, 0.05) is 37.0 Å². The summed E-state index contributed by atoms with van der Waals surface area (Å²) in [4.78, 5) is 25.9. The van der Waals surface area contributed by atoms with E-state index in [0.717, 1.165) is 16.9 Å². The maximum Gasteiger partial charge on any atom is 0.256 e. The minimum absolute atomic E-state index is 0.0323. The molecule has 2 aliphatic carbocycles. The van der Waals surface area contributed by atoms with Crippen LogP contribution in [0.4, 0.5) is 17.3 Å². The first-order valence-corrected chi connectivity index (χ1v) is 13.2. The normalized spacial score (nSPS) is 16.6. The second kappa shape index (κ2) is 9.34. The average molecular weight is 498 g/mol. The fourth-order valence-electron chi connectivity index (χ4n) is 3.71. The lowest BCUT2D eigenvalue weighted by atomic mass is 10.1. The van der Waals surface area contributed by atoms with Gasteiger partial charge in [-0.2, -0.15) is 9.19 Å². The molecule has 0 bridgehead atoms. The second-order valence-corrected chi connectivity index (χ2v) is 11.1. The Balaban J connectivity index is 1.38. The Morgan fingerprint density at radius 2 is 2.00 bits per heavy atom. The molecule has 3 heterocycles. The summed E-state index contributed by atoms with van der Waals surface area (Å²) in [6, 6.07) is 3.39. The number of aliphatic hydroxyl groups excluding tert-OH is 1. The SMILES string of the molecule is C[C@@H](CCO)Nc1cc(Nc2ccnc(-c3cnn(S(=O)(=O)C4CC4)c3)n2)ncc1C(=O)C1CC1. The number of hydrogen-bond donors (Lipinski definition) is 3. The van der Waals surface area contributed by atoms with Crippen LogP contribution < -0.4 is 10.6 Å². The van der Waals surface area contributed by atoms with Crippen molar-refractivity contribution < 1.29 is 18.3 Å². The van der Waals surface area contributed by atoms with Gasteiger partial charge in [0.25, 0.3) is 10.0 Å². The van der Waals surface area contributed by atoms with Crippen LogP contribution in [0.3, 0.4) is 0 Å². The topological polar surface area (TPSA) is 152 Å². The molecule has 2 fully saturated rings. The third kappa shape index (κ3) is 5.17. The van der Waals surface area contributed by atoms with Crippen LogP contribution in [0.2, 0.25) is 0 Å². The molecule has 12 heteroatoms. The standard InChI is InChI=1S/C23H27N7O4S/c1-14(7-9-31)27-19-10-21(25-12-18(19)22(32)15-2-3-15)28-20-6-8-24-23(29-20)16-11-26-30(13-16)35(33,34)17-4-5-17/h6,8,10-15,17,31H,2-5,7,9H2,1H3,(H2,24,25,27,28,29)/t14-/m0/s1. The van der Waals surface area contributed by atoms with Crippen LogP contribution in [0, 0.1) is 5.92 Å². The molecule has 0 saturated heterocycles. The van der Waals surface area contributed by atoms with E-state index in [-0.39, 0.29) is 29.6 Å². The van der Waals surface area contributed by atoms with Crippen molar-refractivity contribution >= 4 is 33.1 Å². The number of carbonyl (C=O) groups excluding carboxylic acids is 1. The molecule has 184 valence electrons. The van der Waals surface area contributed by atoms with Gasteiger partial charge < -0.3 is 15.7 Å². The molecule has 3 N–H and O–H groups in total. The van der Waals surface area contributed by atoms with Gasteiger partial charge in [-0.15, -0.1) is 0 Å². The second-order valence-electron chi connectivity index (χ2n) is 9.05. The summed E-state index contributed by atoms with van der Waals surface area (Å²) in [5.74, 6) is 1.38. The van der Waals surface area contributed by atoms with Gasteiger partial charge in [-0.1, -0.05) is 0 Å². The van der Waals surface area contributed by atoms with Gasteiger partial charge >= 0.3 is 0 Å². The Hall–Kier alpha value is -3.38. The van der Waals surface area contributed by atoms with E-state index in [1.165, 1.54) is 12.4 Å². The maximum absolute atomic E-state index is 12.7. The van der Waals surface area contributed by atoms with Gasteiger partial charge in [-0.25, -0.2) is 23.4 Å². The first-order chi connectivity index (χ1) is 16.8. The highest BCUT2D eigenvalue weighted by Crippen LogP contribution is 2.35. The highest BCUT2D eigenvalue weighted by Gasteiger charge is 2.37. The molecule has 11 nitrogen and oxygen atoms in total. The van der Waals surface area contributed by atoms with E-state index in [2.05, 4.69) is 30.7 Å². The van der Waals surface area contributed by atoms with Crippen LogP contribution in [-0.2, 0) is 10.0 Å². The van der Waals surface area contributed by atoms with Gasteiger partial charge in [0.2, 0.25) is 0 Å². The lowest BCUT2D eigenvalue weighted by molar-refractivity contribution is 0.0968. The summed E-state index contributed by atoms with van der Waals surface area (Å²) >= 11 is 0. The van der Waals surface area contributed by atoms with Crippen LogP contribution in [-0.4, -0.2) is 61.3 Å². The number of anilines is 3. The van der Waals surface area contributed by atoms with E-state index in [0.29, 0.717) is 53.5 Å². The monoisotopic (exact) mass is 497 g/mol. The van der Waals surface area contributed by atoms with Crippen molar-refractivity contribution in [3.8, 4) is 11.4 Å². The number of Topliss-reactive ketones (excluding diaryl/α,β-unsaturated/α-hetero) is 1. The predicted molar refractivity (Wildman–Crippen MR) is 130 cm³/mol. The van der Waals surface area contributed by atoms with E-state index in [4.69, 9.17) is 0 Å². The number of rotatable bonds is 11. The molecule has 3 aromatic rings. The molecule has 0 amide bonds. The van der Waals surface area contributed by atoms with Crippen LogP contribution in [0.1, 0.15) is 49.4 Å². The molecular weight excluding hydrogens is 470 g/mol. The van der Waals surface area contributed by atoms with E-state index in [1.807, 2.05) is 6.92 Å². The fraction of sp³-hybridized carbons (Fsp3) is 0.435. The molecule has 1 atom stereocenters. The Morgan fingerprint density at radius 3 is 2.71 bits per heavy atom. The maximum atomic E-state index is 12.7. The van der Waals surface area contributed by atoms with Crippen molar-refractivity contribution in [2.24, 2.45) is 5.92 Å². The van der Waals surface area contributed by atoms with Gasteiger partial charge in [0.1, 0.15) is 11.6 Å². The minimum atomic E-state index is -3.47. The average Bonchev–Trinajstić information content (AvgIpc) is 3.76. The summed E-state index contributed by atoms with van der Waals surface area (Å²) in [7, 11) is -3.47. The molecule has 2 saturated carbocycles. The summed E-state index contributed by atoms with van der Waals surface area (Å²) in [6.45, 7) is 1.98. The molecule has 0 aliphatic heterocycles. The zero-order chi connectivity index (χ0) is 24.6. The molecule has 0 spiro atoms. The zero-order valence-corrected chi connectivity index (χ0v) is 20.1. The van der Waals surface area contributed by atoms with Crippen LogP contribution in [0.5, 0.6) is 0 Å². The van der Waals surface area contributed by atoms with Gasteiger partial charge in [-0.3, -0.25) is 4.79 Å². The number of ketones is 1. The minimum Gasteiger partial charge on any atom is -0.396 e. The molecule has 0 unspecified atom stereocenters. The lowest BCUT2D eigenvalue weighted by Gasteiger charge is -2.18. The fourth-order valence-corrected chi connectivity index (χ4v) is 5.19. The zero-order valence-electron chi connectivity index (χ0n) is 19.3. The van der Waals surface area contributed by atoms with Crippen molar-refractivity contribution in [1.82, 2.24) is 24.1 Å². The molecular formula is C23H27N7O4S. The van der Waals surface area contributed by atoms with Crippen molar-refractivity contribution in [2.45, 2.75) is 50.3 Å². The summed E-state index contributed by atoms with van der Waals surface area (Å²) in [5.41, 5.74) is 1.67. The Bertz CT molecular complexity index is 1350. The number of nitrogens with one attached hydrogen (secondary N) is 2. The van der Waals surface area contributed by atoms with Crippen LogP contribution in [0.25, 0.3) is 11.4 Å². The van der Waals surface area contributed by atoms with Gasteiger partial charge in [0.05, 0.1) is 34.5 Å². The number of aromatic nitrogens is 5. The van der Waals surface area contributed by atoms with Crippen molar-refractivity contribution in [3.63, 3.8) is 0 Å². The Kier molecular flexibility index (Phi) is 6.24. The number of pyridine rings is 1. The van der Waals surface area contributed by atoms with Gasteiger partial charge in [0.15, 0.2) is 11.6 Å². The first-order valence-electron chi connectivity index (χ1n) is 11.7. The quantitative estimate of drug-likeness (QED) is 0.337. The number of aliphatic hydroxyl groups is 1. The van der Waals surface area contributed by atoms with Crippen molar-refractivity contribution in [3.05, 3.63) is 42.5 Å². The highest BCUT2D eigenvalue weighted by molar-refractivity contribution is 7.90. The molecule has 35 heavy (non-hydrogen) atoms. The third-order valence-electron chi connectivity index (χ3n) is 6.02. The third-order valence-corrected chi connectivity index (χ3v) is 8.05. The molecule has 0 aromatic carbocycles. The van der Waals surface area contributed by atoms with Crippen molar-refractivity contribution in [1.29, 1.82) is 0 Å². The number of carbonyl (C=O) groups is 1. The Morgan fingerprint density at radius 1 is 1.20 bits per heavy atom. The van der Waals surface area contributed by atoms with Crippen LogP contribution >= 0.6 is 0 Å². The number of nitrogens with zero attached hydrogens (tertiary/aromatic N) is 5. The molecule has 5 rings (SSSR count).